The van der Waals surface area contributed by atoms with Crippen LogP contribution in [0.3, 0.4) is 0 Å². The van der Waals surface area contributed by atoms with Gasteiger partial charge >= 0.3 is 19.8 Å². The Bertz CT molecular complexity index is 1100. The molecule has 0 amide bonds. The highest BCUT2D eigenvalue weighted by Crippen LogP contribution is 2.43. The molecule has 2 atom stereocenters. The number of quaternary nitrogens is 1. The van der Waals surface area contributed by atoms with E-state index in [1.807, 2.05) is 21.1 Å². The Morgan fingerprint density at radius 2 is 1.02 bits per heavy atom. The van der Waals surface area contributed by atoms with E-state index in [1.165, 1.54) is 89.9 Å². The van der Waals surface area contributed by atoms with E-state index in [0.29, 0.717) is 17.4 Å². The van der Waals surface area contributed by atoms with Gasteiger partial charge in [0.2, 0.25) is 0 Å². The number of nitrogens with zero attached hydrogens (tertiary/aromatic N) is 1. The Morgan fingerprint density at radius 1 is 0.571 bits per heavy atom. The predicted octanol–water partition coefficient (Wildman–Crippen LogP) is 12.7. The molecular formula is C46H85NO8P+. The maximum Gasteiger partial charge on any atom is 0.472 e. The molecule has 10 heteroatoms. The third-order valence-corrected chi connectivity index (χ3v) is 10.4. The highest BCUT2D eigenvalue weighted by atomic mass is 31.2. The highest BCUT2D eigenvalue weighted by Gasteiger charge is 2.27. The summed E-state index contributed by atoms with van der Waals surface area (Å²) in [5, 5.41) is 0. The van der Waals surface area contributed by atoms with Gasteiger partial charge in [0, 0.05) is 12.8 Å². The third kappa shape index (κ3) is 41.6. The SMILES string of the molecule is CC/C=C\C/C=C\C/C=C\C/C=C\CCCCC(=O)O[C@H](COC(=O)CCCCCCCCCCCCCCCCCCC)COP(=O)(O)OCC[N+](C)(C)C. The van der Waals surface area contributed by atoms with Gasteiger partial charge in [-0.15, -0.1) is 0 Å². The van der Waals surface area contributed by atoms with Crippen molar-refractivity contribution in [3.05, 3.63) is 48.6 Å². The standard InChI is InChI=1S/C46H84NO8P/c1-6-8-10-12-14-16-18-20-22-23-25-26-28-30-32-34-36-38-45(48)52-42-44(43-54-56(50,51)53-41-40-47(3,4)5)55-46(49)39-37-35-33-31-29-27-24-21-19-17-15-13-11-9-7-2/h9,11,15,17,21,24,29,31,44H,6-8,10,12-14,16,18-20,22-23,25-28,30,32-43H2,1-5H3/p+1/b11-9-,17-15-,24-21-,31-29-/t44-/m1/s1. The summed E-state index contributed by atoms with van der Waals surface area (Å²) < 4.78 is 34.3. The van der Waals surface area contributed by atoms with Crippen LogP contribution in [0, 0.1) is 0 Å². The normalized spacial score (nSPS) is 14.0. The molecular weight excluding hydrogens is 725 g/mol. The number of allylic oxidation sites excluding steroid dienone is 8. The zero-order valence-electron chi connectivity index (χ0n) is 36.6. The molecule has 0 spiro atoms. The quantitative estimate of drug-likeness (QED) is 0.0214. The van der Waals surface area contributed by atoms with E-state index in [2.05, 4.69) is 62.5 Å². The maximum atomic E-state index is 12.7. The average Bonchev–Trinajstić information content (AvgIpc) is 3.15. The average molecular weight is 811 g/mol. The van der Waals surface area contributed by atoms with Crippen molar-refractivity contribution in [3.8, 4) is 0 Å². The number of hydrogen-bond donors (Lipinski definition) is 1. The molecule has 0 aliphatic carbocycles. The van der Waals surface area contributed by atoms with Crippen molar-refractivity contribution < 1.29 is 42.1 Å². The molecule has 0 fully saturated rings. The first kappa shape index (κ1) is 54.0. The van der Waals surface area contributed by atoms with Crippen LogP contribution in [-0.2, 0) is 32.7 Å². The van der Waals surface area contributed by atoms with E-state index in [9.17, 15) is 19.0 Å². The molecule has 56 heavy (non-hydrogen) atoms. The van der Waals surface area contributed by atoms with Gasteiger partial charge in [0.1, 0.15) is 19.8 Å². The second-order valence-electron chi connectivity index (χ2n) is 16.1. The van der Waals surface area contributed by atoms with Gasteiger partial charge in [0.25, 0.3) is 0 Å². The lowest BCUT2D eigenvalue weighted by Crippen LogP contribution is -2.37. The topological polar surface area (TPSA) is 108 Å². The van der Waals surface area contributed by atoms with Crippen LogP contribution in [0.25, 0.3) is 0 Å². The van der Waals surface area contributed by atoms with Crippen molar-refractivity contribution in [1.82, 2.24) is 0 Å². The Kier molecular flexibility index (Phi) is 37.1. The van der Waals surface area contributed by atoms with E-state index in [-0.39, 0.29) is 32.0 Å². The minimum absolute atomic E-state index is 0.0232. The van der Waals surface area contributed by atoms with Crippen molar-refractivity contribution in [2.24, 2.45) is 0 Å². The number of phosphoric acid groups is 1. The summed E-state index contributed by atoms with van der Waals surface area (Å²) in [5.41, 5.74) is 0. The predicted molar refractivity (Wildman–Crippen MR) is 233 cm³/mol. The largest absolute Gasteiger partial charge is 0.472 e. The lowest BCUT2D eigenvalue weighted by Gasteiger charge is -2.24. The minimum Gasteiger partial charge on any atom is -0.462 e. The van der Waals surface area contributed by atoms with E-state index >= 15 is 0 Å². The van der Waals surface area contributed by atoms with Crippen molar-refractivity contribution >= 4 is 19.8 Å². The maximum absolute atomic E-state index is 12.7. The van der Waals surface area contributed by atoms with Crippen LogP contribution in [0.2, 0.25) is 0 Å². The molecule has 0 saturated carbocycles. The van der Waals surface area contributed by atoms with E-state index < -0.39 is 26.5 Å². The number of esters is 2. The van der Waals surface area contributed by atoms with Crippen LogP contribution < -0.4 is 0 Å². The summed E-state index contributed by atoms with van der Waals surface area (Å²) >= 11 is 0. The van der Waals surface area contributed by atoms with Gasteiger partial charge < -0.3 is 18.9 Å². The second-order valence-corrected chi connectivity index (χ2v) is 17.5. The summed E-state index contributed by atoms with van der Waals surface area (Å²) in [4.78, 5) is 35.4. The van der Waals surface area contributed by atoms with Gasteiger partial charge in [-0.2, -0.15) is 0 Å². The zero-order chi connectivity index (χ0) is 41.4. The number of carbonyl (C=O) groups excluding carboxylic acids is 2. The van der Waals surface area contributed by atoms with Crippen molar-refractivity contribution in [1.29, 1.82) is 0 Å². The fourth-order valence-corrected chi connectivity index (χ4v) is 6.63. The molecule has 0 aromatic heterocycles. The first-order chi connectivity index (χ1) is 27.0. The molecule has 326 valence electrons. The molecule has 0 aromatic carbocycles. The van der Waals surface area contributed by atoms with Crippen LogP contribution >= 0.6 is 7.82 Å². The number of likely N-dealkylation sites (N-methyl/N-ethyl adjacent to an activating group) is 1. The number of ether oxygens (including phenoxy) is 2. The van der Waals surface area contributed by atoms with Crippen LogP contribution in [-0.4, -0.2) is 74.9 Å². The van der Waals surface area contributed by atoms with Crippen LogP contribution in [0.4, 0.5) is 0 Å². The highest BCUT2D eigenvalue weighted by molar-refractivity contribution is 7.47. The lowest BCUT2D eigenvalue weighted by molar-refractivity contribution is -0.870. The smallest absolute Gasteiger partial charge is 0.462 e. The Morgan fingerprint density at radius 3 is 1.52 bits per heavy atom. The van der Waals surface area contributed by atoms with Crippen molar-refractivity contribution in [2.75, 3.05) is 47.5 Å². The Hall–Kier alpha value is -2.03. The first-order valence-corrected chi connectivity index (χ1v) is 23.9. The summed E-state index contributed by atoms with van der Waals surface area (Å²) in [6, 6.07) is 0. The molecule has 0 heterocycles. The summed E-state index contributed by atoms with van der Waals surface area (Å²) in [6.07, 6.45) is 44.5. The number of unbranched alkanes of at least 4 members (excludes halogenated alkanes) is 18. The Balaban J connectivity index is 4.39. The summed E-state index contributed by atoms with van der Waals surface area (Å²) in [5.74, 6) is -0.844. The van der Waals surface area contributed by atoms with Gasteiger partial charge in [-0.25, -0.2) is 4.57 Å². The number of phosphoric ester groups is 1. The molecule has 1 N–H and O–H groups in total. The molecule has 0 aromatic rings. The number of rotatable bonds is 40. The molecule has 9 nitrogen and oxygen atoms in total. The van der Waals surface area contributed by atoms with Gasteiger partial charge in [-0.1, -0.05) is 165 Å². The van der Waals surface area contributed by atoms with Crippen molar-refractivity contribution in [2.45, 2.75) is 187 Å². The summed E-state index contributed by atoms with van der Waals surface area (Å²) in [7, 11) is 1.45. The van der Waals surface area contributed by atoms with Gasteiger partial charge in [-0.05, 0) is 51.4 Å². The molecule has 0 aliphatic heterocycles. The van der Waals surface area contributed by atoms with E-state index in [4.69, 9.17) is 18.5 Å². The van der Waals surface area contributed by atoms with Crippen molar-refractivity contribution in [3.63, 3.8) is 0 Å². The van der Waals surface area contributed by atoms with E-state index in [0.717, 1.165) is 57.8 Å². The van der Waals surface area contributed by atoms with Crippen LogP contribution in [0.15, 0.2) is 48.6 Å². The minimum atomic E-state index is -4.39. The third-order valence-electron chi connectivity index (χ3n) is 9.37. The fourth-order valence-electron chi connectivity index (χ4n) is 5.89. The monoisotopic (exact) mass is 811 g/mol. The lowest BCUT2D eigenvalue weighted by atomic mass is 10.0. The zero-order valence-corrected chi connectivity index (χ0v) is 37.5. The fraction of sp³-hybridized carbons (Fsp3) is 0.783. The molecule has 0 rings (SSSR count). The van der Waals surface area contributed by atoms with Crippen LogP contribution in [0.1, 0.15) is 181 Å². The molecule has 0 saturated heterocycles. The van der Waals surface area contributed by atoms with Gasteiger partial charge in [0.15, 0.2) is 6.10 Å². The van der Waals surface area contributed by atoms with E-state index in [1.54, 1.807) is 0 Å². The van der Waals surface area contributed by atoms with Crippen LogP contribution in [0.5, 0.6) is 0 Å². The Labute approximate surface area is 343 Å². The molecule has 0 bridgehead atoms. The number of carbonyl (C=O) groups is 2. The van der Waals surface area contributed by atoms with Gasteiger partial charge in [0.05, 0.1) is 27.7 Å². The number of hydrogen-bond acceptors (Lipinski definition) is 7. The first-order valence-electron chi connectivity index (χ1n) is 22.4. The molecule has 1 unspecified atom stereocenters. The van der Waals surface area contributed by atoms with Gasteiger partial charge in [-0.3, -0.25) is 18.6 Å². The molecule has 0 radical (unpaired) electrons. The molecule has 0 aliphatic rings. The summed E-state index contributed by atoms with van der Waals surface area (Å²) in [6.45, 7) is 4.26. The second kappa shape index (κ2) is 38.5.